The Morgan fingerprint density at radius 2 is 2.12 bits per heavy atom. The van der Waals surface area contributed by atoms with E-state index in [1.807, 2.05) is 13.8 Å². The van der Waals surface area contributed by atoms with Crippen molar-refractivity contribution in [1.29, 1.82) is 0 Å². The number of carboxylic acids is 1. The number of thioether (sulfide) groups is 1. The Morgan fingerprint density at radius 3 is 2.56 bits per heavy atom. The van der Waals surface area contributed by atoms with Gasteiger partial charge in [-0.05, 0) is 12.1 Å². The number of nitrogens with zero attached hydrogens (tertiary/aromatic N) is 1. The quantitative estimate of drug-likeness (QED) is 0.498. The maximum absolute atomic E-state index is 10.7. The van der Waals surface area contributed by atoms with E-state index in [-0.39, 0.29) is 16.5 Å². The Bertz CT molecular complexity index is 431. The number of carbonyl (C=O) groups is 1. The largest absolute Gasteiger partial charge is 0.477 e. The molecule has 16 heavy (non-hydrogen) atoms. The first kappa shape index (κ1) is 12.5. The van der Waals surface area contributed by atoms with Crippen LogP contribution in [0.3, 0.4) is 0 Å². The van der Waals surface area contributed by atoms with Gasteiger partial charge in [-0.1, -0.05) is 13.8 Å². The smallest absolute Gasteiger partial charge is 0.342 e. The second-order valence-corrected chi connectivity index (χ2v) is 5.06. The minimum absolute atomic E-state index is 0.280. The van der Waals surface area contributed by atoms with E-state index in [9.17, 15) is 14.9 Å². The summed E-state index contributed by atoms with van der Waals surface area (Å²) >= 11 is 1.45. The van der Waals surface area contributed by atoms with Gasteiger partial charge in [0.25, 0.3) is 5.69 Å². The summed E-state index contributed by atoms with van der Waals surface area (Å²) < 4.78 is 0. The highest BCUT2D eigenvalue weighted by Crippen LogP contribution is 2.28. The number of rotatable bonds is 4. The van der Waals surface area contributed by atoms with E-state index in [0.717, 1.165) is 0 Å². The summed E-state index contributed by atoms with van der Waals surface area (Å²) in [6.45, 7) is 3.92. The van der Waals surface area contributed by atoms with Crippen molar-refractivity contribution in [2.24, 2.45) is 0 Å². The van der Waals surface area contributed by atoms with Gasteiger partial charge in [0, 0.05) is 16.2 Å². The molecule has 0 aliphatic carbocycles. The van der Waals surface area contributed by atoms with E-state index >= 15 is 0 Å². The molecule has 0 bridgehead atoms. The fourth-order valence-corrected chi connectivity index (χ4v) is 2.06. The summed E-state index contributed by atoms with van der Waals surface area (Å²) in [5, 5.41) is 19.8. The first-order valence-corrected chi connectivity index (χ1v) is 5.48. The number of hydrogen-bond acceptors (Lipinski definition) is 4. The fourth-order valence-electron chi connectivity index (χ4n) is 1.19. The second-order valence-electron chi connectivity index (χ2n) is 3.41. The lowest BCUT2D eigenvalue weighted by molar-refractivity contribution is -0.385. The lowest BCUT2D eigenvalue weighted by Gasteiger charge is -2.05. The number of aromatic carboxylic acids is 1. The summed E-state index contributed by atoms with van der Waals surface area (Å²) in [5.41, 5.74) is -0.642. The topological polar surface area (TPSA) is 80.4 Å². The van der Waals surface area contributed by atoms with Crippen molar-refractivity contribution in [1.82, 2.24) is 0 Å². The molecule has 5 nitrogen and oxygen atoms in total. The Hall–Kier alpha value is -1.56. The van der Waals surface area contributed by atoms with E-state index < -0.39 is 10.9 Å². The molecule has 0 aromatic heterocycles. The van der Waals surface area contributed by atoms with Crippen molar-refractivity contribution >= 4 is 23.4 Å². The van der Waals surface area contributed by atoms with Crippen LogP contribution in [0.15, 0.2) is 23.1 Å². The van der Waals surface area contributed by atoms with E-state index in [0.29, 0.717) is 4.90 Å². The van der Waals surface area contributed by atoms with Gasteiger partial charge in [-0.25, -0.2) is 4.79 Å². The first-order valence-electron chi connectivity index (χ1n) is 4.60. The summed E-state index contributed by atoms with van der Waals surface area (Å²) in [5.74, 6) is -1.28. The average Bonchev–Trinajstić information content (AvgIpc) is 2.16. The lowest BCUT2D eigenvalue weighted by atomic mass is 10.2. The van der Waals surface area contributed by atoms with E-state index in [4.69, 9.17) is 5.11 Å². The number of carboxylic acid groups (broad SMARTS) is 1. The van der Waals surface area contributed by atoms with Gasteiger partial charge >= 0.3 is 5.97 Å². The molecule has 6 heteroatoms. The number of benzene rings is 1. The van der Waals surface area contributed by atoms with E-state index in [1.54, 1.807) is 6.07 Å². The molecule has 1 N–H and O–H groups in total. The zero-order valence-electron chi connectivity index (χ0n) is 8.84. The highest BCUT2D eigenvalue weighted by atomic mass is 32.2. The molecule has 0 radical (unpaired) electrons. The van der Waals surface area contributed by atoms with Gasteiger partial charge in [0.2, 0.25) is 0 Å². The van der Waals surface area contributed by atoms with Crippen LogP contribution in [0.5, 0.6) is 0 Å². The maximum Gasteiger partial charge on any atom is 0.342 e. The molecule has 0 saturated heterocycles. The van der Waals surface area contributed by atoms with Crippen LogP contribution in [0.1, 0.15) is 24.2 Å². The van der Waals surface area contributed by atoms with Gasteiger partial charge in [0.1, 0.15) is 5.56 Å². The van der Waals surface area contributed by atoms with Crippen LogP contribution < -0.4 is 0 Å². The molecule has 1 rings (SSSR count). The molecular weight excluding hydrogens is 230 g/mol. The third kappa shape index (κ3) is 2.96. The minimum atomic E-state index is -1.28. The number of nitro groups is 1. The van der Waals surface area contributed by atoms with E-state index in [1.165, 1.54) is 23.9 Å². The van der Waals surface area contributed by atoms with Crippen LogP contribution in [0.4, 0.5) is 5.69 Å². The van der Waals surface area contributed by atoms with Crippen molar-refractivity contribution in [3.05, 3.63) is 33.9 Å². The van der Waals surface area contributed by atoms with Crippen molar-refractivity contribution in [3.8, 4) is 0 Å². The van der Waals surface area contributed by atoms with Gasteiger partial charge < -0.3 is 5.11 Å². The van der Waals surface area contributed by atoms with E-state index in [2.05, 4.69) is 0 Å². The highest BCUT2D eigenvalue weighted by molar-refractivity contribution is 7.99. The molecular formula is C10H11NO4S. The Kier molecular flexibility index (Phi) is 3.89. The molecule has 0 spiro atoms. The van der Waals surface area contributed by atoms with Crippen LogP contribution >= 0.6 is 11.8 Å². The Morgan fingerprint density at radius 1 is 1.50 bits per heavy atom. The zero-order chi connectivity index (χ0) is 12.3. The molecule has 0 atom stereocenters. The zero-order valence-corrected chi connectivity index (χ0v) is 9.65. The van der Waals surface area contributed by atoms with Crippen molar-refractivity contribution in [3.63, 3.8) is 0 Å². The van der Waals surface area contributed by atoms with Crippen LogP contribution in [-0.2, 0) is 0 Å². The predicted octanol–water partition coefficient (Wildman–Crippen LogP) is 2.79. The fraction of sp³-hybridized carbons (Fsp3) is 0.300. The molecule has 0 unspecified atom stereocenters. The van der Waals surface area contributed by atoms with Gasteiger partial charge in [-0.15, -0.1) is 11.8 Å². The molecule has 0 heterocycles. The monoisotopic (exact) mass is 241 g/mol. The van der Waals surface area contributed by atoms with Crippen molar-refractivity contribution in [2.75, 3.05) is 0 Å². The summed E-state index contributed by atoms with van der Waals surface area (Å²) in [6.07, 6.45) is 0. The third-order valence-electron chi connectivity index (χ3n) is 1.77. The SMILES string of the molecule is CC(C)Sc1ccc(C(=O)O)c([N+](=O)[O-])c1. The standard InChI is InChI=1S/C10H11NO4S/c1-6(2)16-7-3-4-8(10(12)13)9(5-7)11(14)15/h3-6H,1-2H3,(H,12,13). The van der Waals surface area contributed by atoms with Crippen LogP contribution in [0.2, 0.25) is 0 Å². The van der Waals surface area contributed by atoms with Gasteiger partial charge in [-0.3, -0.25) is 10.1 Å². The average molecular weight is 241 g/mol. The molecule has 0 fully saturated rings. The second kappa shape index (κ2) is 4.98. The van der Waals surface area contributed by atoms with Crippen molar-refractivity contribution in [2.45, 2.75) is 24.0 Å². The Labute approximate surface area is 96.6 Å². The molecule has 0 aliphatic heterocycles. The molecule has 1 aromatic rings. The van der Waals surface area contributed by atoms with Crippen LogP contribution in [0.25, 0.3) is 0 Å². The maximum atomic E-state index is 10.7. The normalized spacial score (nSPS) is 10.4. The Balaban J connectivity index is 3.17. The molecule has 1 aromatic carbocycles. The minimum Gasteiger partial charge on any atom is -0.477 e. The molecule has 86 valence electrons. The summed E-state index contributed by atoms with van der Waals surface area (Å²) in [7, 11) is 0. The van der Waals surface area contributed by atoms with Crippen molar-refractivity contribution < 1.29 is 14.8 Å². The van der Waals surface area contributed by atoms with Gasteiger partial charge in [0.05, 0.1) is 4.92 Å². The molecule has 0 saturated carbocycles. The van der Waals surface area contributed by atoms with Gasteiger partial charge in [-0.2, -0.15) is 0 Å². The molecule has 0 amide bonds. The predicted molar refractivity (Wildman–Crippen MR) is 61.0 cm³/mol. The summed E-state index contributed by atoms with van der Waals surface area (Å²) in [6, 6.07) is 4.15. The summed E-state index contributed by atoms with van der Waals surface area (Å²) in [4.78, 5) is 21.5. The van der Waals surface area contributed by atoms with Crippen LogP contribution in [0, 0.1) is 10.1 Å². The van der Waals surface area contributed by atoms with Gasteiger partial charge in [0.15, 0.2) is 0 Å². The third-order valence-corrected chi connectivity index (χ3v) is 2.77. The first-order chi connectivity index (χ1) is 7.41. The number of nitro benzene ring substituents is 1. The van der Waals surface area contributed by atoms with Crippen LogP contribution in [-0.4, -0.2) is 21.2 Å². The lowest BCUT2D eigenvalue weighted by Crippen LogP contribution is -2.02. The molecule has 0 aliphatic rings. The highest BCUT2D eigenvalue weighted by Gasteiger charge is 2.20. The number of hydrogen-bond donors (Lipinski definition) is 1.